The van der Waals surface area contributed by atoms with E-state index < -0.39 is 0 Å². The Morgan fingerprint density at radius 2 is 2.28 bits per heavy atom. The summed E-state index contributed by atoms with van der Waals surface area (Å²) in [6.45, 7) is 3.75. The molecule has 1 aliphatic rings. The second-order valence-electron chi connectivity index (χ2n) is 4.84. The Morgan fingerprint density at radius 1 is 1.44 bits per heavy atom. The van der Waals surface area contributed by atoms with Gasteiger partial charge in [0.15, 0.2) is 0 Å². The molecule has 1 aliphatic carbocycles. The third-order valence-corrected chi connectivity index (χ3v) is 3.11. The number of hydrogen-bond donors (Lipinski definition) is 2. The predicted molar refractivity (Wildman–Crippen MR) is 72.7 cm³/mol. The number of nitrogens with zero attached hydrogens (tertiary/aromatic N) is 1. The predicted octanol–water partition coefficient (Wildman–Crippen LogP) is 2.43. The van der Waals surface area contributed by atoms with E-state index in [9.17, 15) is 4.79 Å². The first-order valence-corrected chi connectivity index (χ1v) is 6.77. The summed E-state index contributed by atoms with van der Waals surface area (Å²) in [5.41, 5.74) is 0.680. The highest BCUT2D eigenvalue weighted by Crippen LogP contribution is 2.31. The molecule has 1 fully saturated rings. The molecule has 0 atom stereocenters. The fourth-order valence-corrected chi connectivity index (χ4v) is 1.82. The molecule has 1 saturated carbocycles. The minimum absolute atomic E-state index is 0.00222. The van der Waals surface area contributed by atoms with Crippen LogP contribution in [-0.4, -0.2) is 24.0 Å². The van der Waals surface area contributed by atoms with Crippen LogP contribution in [-0.2, 0) is 0 Å². The van der Waals surface area contributed by atoms with E-state index in [1.165, 1.54) is 12.8 Å². The van der Waals surface area contributed by atoms with Crippen molar-refractivity contribution in [2.45, 2.75) is 32.6 Å². The number of rotatable bonds is 7. The molecule has 98 valence electrons. The molecule has 1 heterocycles. The molecule has 4 heteroatoms. The van der Waals surface area contributed by atoms with Crippen molar-refractivity contribution in [2.24, 2.45) is 5.92 Å². The molecule has 1 amide bonds. The fourth-order valence-electron chi connectivity index (χ4n) is 1.82. The molecule has 1 aromatic heterocycles. The lowest BCUT2D eigenvalue weighted by Crippen LogP contribution is -2.24. The van der Waals surface area contributed by atoms with Crippen LogP contribution in [0.25, 0.3) is 0 Å². The lowest BCUT2D eigenvalue weighted by molar-refractivity contribution is 0.0952. The van der Waals surface area contributed by atoms with E-state index >= 15 is 0 Å². The minimum atomic E-state index is -0.00222. The van der Waals surface area contributed by atoms with Gasteiger partial charge in [-0.05, 0) is 30.9 Å². The zero-order valence-electron chi connectivity index (χ0n) is 10.9. The monoisotopic (exact) mass is 247 g/mol. The number of aromatic nitrogens is 1. The largest absolute Gasteiger partial charge is 0.370 e. The topological polar surface area (TPSA) is 54.0 Å². The van der Waals surface area contributed by atoms with E-state index in [1.807, 2.05) is 6.07 Å². The van der Waals surface area contributed by atoms with Crippen molar-refractivity contribution >= 4 is 11.7 Å². The lowest BCUT2D eigenvalue weighted by atomic mass is 10.2. The second-order valence-corrected chi connectivity index (χ2v) is 4.84. The highest BCUT2D eigenvalue weighted by Gasteiger charge is 2.20. The Balaban J connectivity index is 1.83. The van der Waals surface area contributed by atoms with E-state index in [2.05, 4.69) is 22.5 Å². The zero-order chi connectivity index (χ0) is 12.8. The molecule has 0 spiro atoms. The van der Waals surface area contributed by atoms with Crippen molar-refractivity contribution < 1.29 is 4.79 Å². The van der Waals surface area contributed by atoms with Gasteiger partial charge in [0, 0.05) is 24.8 Å². The van der Waals surface area contributed by atoms with Crippen LogP contribution < -0.4 is 10.6 Å². The Morgan fingerprint density at radius 3 is 3.00 bits per heavy atom. The molecule has 18 heavy (non-hydrogen) atoms. The molecule has 0 unspecified atom stereocenters. The van der Waals surface area contributed by atoms with Gasteiger partial charge in [-0.15, -0.1) is 0 Å². The summed E-state index contributed by atoms with van der Waals surface area (Å²) in [6.07, 6.45) is 6.48. The molecule has 2 rings (SSSR count). The van der Waals surface area contributed by atoms with Crippen LogP contribution in [0.5, 0.6) is 0 Å². The summed E-state index contributed by atoms with van der Waals surface area (Å²) in [5.74, 6) is 1.62. The minimum Gasteiger partial charge on any atom is -0.370 e. The quantitative estimate of drug-likeness (QED) is 0.778. The van der Waals surface area contributed by atoms with Crippen LogP contribution in [0.15, 0.2) is 18.3 Å². The highest BCUT2D eigenvalue weighted by molar-refractivity contribution is 5.94. The number of carbonyl (C=O) groups excluding carboxylic acids is 1. The number of nitrogens with one attached hydrogen (secondary N) is 2. The maximum atomic E-state index is 11.9. The van der Waals surface area contributed by atoms with Gasteiger partial charge in [0.2, 0.25) is 0 Å². The SMILES string of the molecule is CCCNc1cc(C(=O)NCCC2CC2)ccn1. The average Bonchev–Trinajstić information content (AvgIpc) is 3.20. The maximum absolute atomic E-state index is 11.9. The van der Waals surface area contributed by atoms with Gasteiger partial charge in [-0.3, -0.25) is 4.79 Å². The highest BCUT2D eigenvalue weighted by atomic mass is 16.1. The van der Waals surface area contributed by atoms with Crippen LogP contribution in [0, 0.1) is 5.92 Å². The van der Waals surface area contributed by atoms with E-state index in [1.54, 1.807) is 12.3 Å². The van der Waals surface area contributed by atoms with Crippen molar-refractivity contribution in [3.63, 3.8) is 0 Å². The van der Waals surface area contributed by atoms with E-state index in [0.717, 1.165) is 37.7 Å². The molecule has 2 N–H and O–H groups in total. The van der Waals surface area contributed by atoms with Crippen molar-refractivity contribution in [3.8, 4) is 0 Å². The number of pyridine rings is 1. The molecule has 0 bridgehead atoms. The van der Waals surface area contributed by atoms with Gasteiger partial charge in [0.25, 0.3) is 5.91 Å². The summed E-state index contributed by atoms with van der Waals surface area (Å²) < 4.78 is 0. The normalized spacial score (nSPS) is 14.3. The van der Waals surface area contributed by atoms with Gasteiger partial charge in [-0.25, -0.2) is 4.98 Å². The first-order valence-electron chi connectivity index (χ1n) is 6.77. The Labute approximate surface area is 108 Å². The molecular formula is C14H21N3O. The molecule has 0 saturated heterocycles. The average molecular weight is 247 g/mol. The molecular weight excluding hydrogens is 226 g/mol. The molecule has 1 aromatic rings. The van der Waals surface area contributed by atoms with Gasteiger partial charge in [0.1, 0.15) is 5.82 Å². The van der Waals surface area contributed by atoms with Gasteiger partial charge in [0.05, 0.1) is 0 Å². The van der Waals surface area contributed by atoms with Crippen molar-refractivity contribution in [3.05, 3.63) is 23.9 Å². The second kappa shape index (κ2) is 6.38. The standard InChI is InChI=1S/C14H21N3O/c1-2-7-15-13-10-12(6-9-16-13)14(18)17-8-5-11-3-4-11/h6,9-11H,2-5,7-8H2,1H3,(H,15,16)(H,17,18). The molecule has 4 nitrogen and oxygen atoms in total. The van der Waals surface area contributed by atoms with Crippen LogP contribution in [0.1, 0.15) is 43.0 Å². The van der Waals surface area contributed by atoms with Crippen molar-refractivity contribution in [1.82, 2.24) is 10.3 Å². The summed E-state index contributed by atoms with van der Waals surface area (Å²) in [5, 5.41) is 6.14. The number of amides is 1. The van der Waals surface area contributed by atoms with Gasteiger partial charge >= 0.3 is 0 Å². The number of carbonyl (C=O) groups is 1. The van der Waals surface area contributed by atoms with Crippen molar-refractivity contribution in [1.29, 1.82) is 0 Å². The van der Waals surface area contributed by atoms with Crippen LogP contribution in [0.3, 0.4) is 0 Å². The van der Waals surface area contributed by atoms with E-state index in [-0.39, 0.29) is 5.91 Å². The van der Waals surface area contributed by atoms with Gasteiger partial charge in [-0.2, -0.15) is 0 Å². The maximum Gasteiger partial charge on any atom is 0.251 e. The van der Waals surface area contributed by atoms with Crippen LogP contribution in [0.2, 0.25) is 0 Å². The van der Waals surface area contributed by atoms with Crippen LogP contribution in [0.4, 0.5) is 5.82 Å². The Bertz CT molecular complexity index is 402. The van der Waals surface area contributed by atoms with Gasteiger partial charge in [-0.1, -0.05) is 19.8 Å². The van der Waals surface area contributed by atoms with E-state index in [4.69, 9.17) is 0 Å². The summed E-state index contributed by atoms with van der Waals surface area (Å²) in [6, 6.07) is 3.56. The zero-order valence-corrected chi connectivity index (χ0v) is 10.9. The third-order valence-electron chi connectivity index (χ3n) is 3.11. The first-order chi connectivity index (χ1) is 8.79. The Hall–Kier alpha value is -1.58. The molecule has 0 aromatic carbocycles. The summed E-state index contributed by atoms with van der Waals surface area (Å²) >= 11 is 0. The molecule has 0 aliphatic heterocycles. The number of anilines is 1. The Kier molecular flexibility index (Phi) is 4.56. The summed E-state index contributed by atoms with van der Waals surface area (Å²) in [7, 11) is 0. The van der Waals surface area contributed by atoms with E-state index in [0.29, 0.717) is 5.56 Å². The number of hydrogen-bond acceptors (Lipinski definition) is 3. The van der Waals surface area contributed by atoms with Crippen LogP contribution >= 0.6 is 0 Å². The summed E-state index contributed by atoms with van der Waals surface area (Å²) in [4.78, 5) is 16.1. The fraction of sp³-hybridized carbons (Fsp3) is 0.571. The lowest BCUT2D eigenvalue weighted by Gasteiger charge is -2.07. The molecule has 0 radical (unpaired) electrons. The van der Waals surface area contributed by atoms with Gasteiger partial charge < -0.3 is 10.6 Å². The third kappa shape index (κ3) is 4.02. The first kappa shape index (κ1) is 12.9. The van der Waals surface area contributed by atoms with Crippen molar-refractivity contribution in [2.75, 3.05) is 18.4 Å². The smallest absolute Gasteiger partial charge is 0.251 e.